The summed E-state index contributed by atoms with van der Waals surface area (Å²) in [6, 6.07) is 8.84. The van der Waals surface area contributed by atoms with E-state index in [1.54, 1.807) is 0 Å². The van der Waals surface area contributed by atoms with Crippen LogP contribution < -0.4 is 10.4 Å². The van der Waals surface area contributed by atoms with Gasteiger partial charge in [0.25, 0.3) is 0 Å². The van der Waals surface area contributed by atoms with Gasteiger partial charge in [-0.1, -0.05) is 88.8 Å². The zero-order valence-corrected chi connectivity index (χ0v) is 13.5. The first-order chi connectivity index (χ1) is 9.88. The molecule has 0 nitrogen and oxygen atoms in total. The average molecular weight is 272 g/mol. The van der Waals surface area contributed by atoms with Crippen molar-refractivity contribution in [3.05, 3.63) is 34.7 Å². The molecule has 0 radical (unpaired) electrons. The topological polar surface area (TPSA) is 0 Å². The molecule has 0 unspecified atom stereocenters. The van der Waals surface area contributed by atoms with Crippen molar-refractivity contribution in [1.29, 1.82) is 0 Å². The second-order valence-corrected chi connectivity index (χ2v) is 5.74. The van der Waals surface area contributed by atoms with Crippen molar-refractivity contribution < 1.29 is 0 Å². The maximum absolute atomic E-state index is 2.42. The van der Waals surface area contributed by atoms with Gasteiger partial charge in [-0.25, -0.2) is 0 Å². The van der Waals surface area contributed by atoms with Gasteiger partial charge in [-0.2, -0.15) is 0 Å². The molecular formula is C20H32. The lowest BCUT2D eigenvalue weighted by atomic mass is 10.1. The van der Waals surface area contributed by atoms with Gasteiger partial charge >= 0.3 is 0 Å². The fraction of sp³-hybridized carbons (Fsp3) is 0.600. The molecule has 0 aromatic heterocycles. The van der Waals surface area contributed by atoms with Crippen molar-refractivity contribution in [2.45, 2.75) is 78.1 Å². The van der Waals surface area contributed by atoms with E-state index in [1.165, 1.54) is 74.6 Å². The highest BCUT2D eigenvalue weighted by molar-refractivity contribution is 5.31. The summed E-state index contributed by atoms with van der Waals surface area (Å²) in [5.41, 5.74) is 0. The number of unbranched alkanes of at least 4 members (excludes halogenated alkanes) is 8. The molecule has 0 bridgehead atoms. The molecule has 1 rings (SSSR count). The Morgan fingerprint density at radius 3 is 1.50 bits per heavy atom. The lowest BCUT2D eigenvalue weighted by Gasteiger charge is -1.97. The summed E-state index contributed by atoms with van der Waals surface area (Å²) in [7, 11) is 0. The third-order valence-corrected chi connectivity index (χ3v) is 3.84. The molecule has 0 saturated heterocycles. The van der Waals surface area contributed by atoms with Crippen LogP contribution in [0, 0.1) is 0 Å². The van der Waals surface area contributed by atoms with Gasteiger partial charge in [0.2, 0.25) is 0 Å². The molecule has 0 aliphatic carbocycles. The minimum atomic E-state index is 1.22. The summed E-state index contributed by atoms with van der Waals surface area (Å²) >= 11 is 0. The van der Waals surface area contributed by atoms with Crippen LogP contribution in [0.3, 0.4) is 0 Å². The van der Waals surface area contributed by atoms with Crippen molar-refractivity contribution in [3.63, 3.8) is 0 Å². The summed E-state index contributed by atoms with van der Waals surface area (Å²) < 4.78 is 0. The van der Waals surface area contributed by atoms with Crippen LogP contribution in [-0.4, -0.2) is 0 Å². The SMILES string of the molecule is CCCCCC/C=c1\cccc\c1=C/CCCCCC. The van der Waals surface area contributed by atoms with Crippen LogP contribution >= 0.6 is 0 Å². The van der Waals surface area contributed by atoms with Gasteiger partial charge in [0.05, 0.1) is 0 Å². The molecule has 0 heterocycles. The van der Waals surface area contributed by atoms with E-state index in [4.69, 9.17) is 0 Å². The van der Waals surface area contributed by atoms with E-state index >= 15 is 0 Å². The minimum Gasteiger partial charge on any atom is -0.0767 e. The molecule has 0 heteroatoms. The van der Waals surface area contributed by atoms with E-state index in [0.29, 0.717) is 0 Å². The summed E-state index contributed by atoms with van der Waals surface area (Å²) in [5, 5.41) is 2.86. The van der Waals surface area contributed by atoms with Crippen LogP contribution in [0.1, 0.15) is 78.1 Å². The van der Waals surface area contributed by atoms with Crippen molar-refractivity contribution in [3.8, 4) is 0 Å². The molecule has 0 saturated carbocycles. The molecule has 0 N–H and O–H groups in total. The van der Waals surface area contributed by atoms with Crippen molar-refractivity contribution in [2.75, 3.05) is 0 Å². The number of hydrogen-bond donors (Lipinski definition) is 0. The first-order valence-electron chi connectivity index (χ1n) is 8.64. The fourth-order valence-electron chi connectivity index (χ4n) is 2.54. The summed E-state index contributed by atoms with van der Waals surface area (Å²) in [6.07, 6.45) is 18.1. The normalized spacial score (nSPS) is 13.1. The third-order valence-electron chi connectivity index (χ3n) is 3.84. The zero-order chi connectivity index (χ0) is 14.5. The predicted octanol–water partition coefficient (Wildman–Crippen LogP) is 5.19. The molecule has 1 aromatic rings. The molecule has 0 amide bonds. The van der Waals surface area contributed by atoms with Gasteiger partial charge in [0, 0.05) is 0 Å². The Balaban J connectivity index is 2.53. The highest BCUT2D eigenvalue weighted by atomic mass is 13.9. The first-order valence-corrected chi connectivity index (χ1v) is 8.64. The van der Waals surface area contributed by atoms with Crippen LogP contribution in [0.4, 0.5) is 0 Å². The highest BCUT2D eigenvalue weighted by Gasteiger charge is 1.89. The molecule has 0 spiro atoms. The molecule has 20 heavy (non-hydrogen) atoms. The summed E-state index contributed by atoms with van der Waals surface area (Å²) in [6.45, 7) is 4.54. The van der Waals surface area contributed by atoms with E-state index in [0.717, 1.165) is 0 Å². The van der Waals surface area contributed by atoms with Crippen molar-refractivity contribution in [1.82, 2.24) is 0 Å². The second kappa shape index (κ2) is 11.8. The van der Waals surface area contributed by atoms with Crippen LogP contribution in [0.25, 0.3) is 12.2 Å². The monoisotopic (exact) mass is 272 g/mol. The van der Waals surface area contributed by atoms with Crippen LogP contribution in [-0.2, 0) is 0 Å². The Kier molecular flexibility index (Phi) is 10.0. The molecule has 0 aliphatic rings. The average Bonchev–Trinajstić information content (AvgIpc) is 2.48. The van der Waals surface area contributed by atoms with Gasteiger partial charge in [0.15, 0.2) is 0 Å². The predicted molar refractivity (Wildman–Crippen MR) is 92.1 cm³/mol. The molecule has 0 atom stereocenters. The maximum Gasteiger partial charge on any atom is -0.0227 e. The smallest absolute Gasteiger partial charge is 0.0227 e. The quantitative estimate of drug-likeness (QED) is 0.514. The van der Waals surface area contributed by atoms with E-state index < -0.39 is 0 Å². The Morgan fingerprint density at radius 2 is 1.10 bits per heavy atom. The largest absolute Gasteiger partial charge is 0.0767 e. The molecule has 112 valence electrons. The zero-order valence-electron chi connectivity index (χ0n) is 13.5. The van der Waals surface area contributed by atoms with Crippen LogP contribution in [0.15, 0.2) is 24.3 Å². The van der Waals surface area contributed by atoms with Gasteiger partial charge < -0.3 is 0 Å². The van der Waals surface area contributed by atoms with E-state index in [1.807, 2.05) is 0 Å². The number of rotatable bonds is 10. The Bertz CT molecular complexity index is 398. The molecule has 0 aliphatic heterocycles. The Morgan fingerprint density at radius 1 is 0.650 bits per heavy atom. The summed E-state index contributed by atoms with van der Waals surface area (Å²) in [5.74, 6) is 0. The van der Waals surface area contributed by atoms with E-state index in [-0.39, 0.29) is 0 Å². The van der Waals surface area contributed by atoms with Crippen molar-refractivity contribution >= 4 is 12.2 Å². The molecule has 0 fully saturated rings. The Hall–Kier alpha value is -1.04. The van der Waals surface area contributed by atoms with Gasteiger partial charge in [-0.05, 0) is 36.1 Å². The summed E-state index contributed by atoms with van der Waals surface area (Å²) in [4.78, 5) is 0. The standard InChI is InChI=1S/C20H32/c1-3-5-7-9-11-15-19-17-13-14-18-20(19)16-12-10-8-6-4-2/h13-18H,3-12H2,1-2H3/b19-15+,20-16+. The van der Waals surface area contributed by atoms with E-state index in [2.05, 4.69) is 50.3 Å². The van der Waals surface area contributed by atoms with Crippen molar-refractivity contribution in [2.24, 2.45) is 0 Å². The lowest BCUT2D eigenvalue weighted by molar-refractivity contribution is 0.681. The number of hydrogen-bond acceptors (Lipinski definition) is 0. The maximum atomic E-state index is 2.42. The van der Waals surface area contributed by atoms with E-state index in [9.17, 15) is 0 Å². The fourth-order valence-corrected chi connectivity index (χ4v) is 2.54. The van der Waals surface area contributed by atoms with Gasteiger partial charge in [-0.15, -0.1) is 0 Å². The number of benzene rings is 1. The second-order valence-electron chi connectivity index (χ2n) is 5.74. The minimum absolute atomic E-state index is 1.22. The van der Waals surface area contributed by atoms with Crippen LogP contribution in [0.5, 0.6) is 0 Å². The Labute approximate surface area is 125 Å². The molecular weight excluding hydrogens is 240 g/mol. The molecule has 1 aromatic carbocycles. The van der Waals surface area contributed by atoms with Gasteiger partial charge in [-0.3, -0.25) is 0 Å². The first kappa shape index (κ1) is 17.0. The third kappa shape index (κ3) is 7.53. The van der Waals surface area contributed by atoms with Crippen LogP contribution in [0.2, 0.25) is 0 Å². The highest BCUT2D eigenvalue weighted by Crippen LogP contribution is 2.03. The van der Waals surface area contributed by atoms with Gasteiger partial charge in [0.1, 0.15) is 0 Å². The lowest BCUT2D eigenvalue weighted by Crippen LogP contribution is -2.23.